The fourth-order valence-corrected chi connectivity index (χ4v) is 9.43. The van der Waals surface area contributed by atoms with Crippen LogP contribution in [0.4, 0.5) is 0 Å². The number of hydrogen-bond donors (Lipinski definition) is 4. The standard InChI is InChI=1S/C40H48N2O4/c1-37(2)19-23(20-38(3,4)41-37)29-17-31(35(43)44)25-13-9-11-15-27(25)33(29)34-28-16-12-10-14-26(28)32(36(45)46)18-30(34)24-21-39(5,6)42-40(7,8)22-24/h9-18,23-24,41-42H,19-22H2,1-8H3,(H,43,44)(H,45,46). The molecule has 2 heterocycles. The van der Waals surface area contributed by atoms with Gasteiger partial charge in [0.15, 0.2) is 0 Å². The number of aromatic carboxylic acids is 2. The van der Waals surface area contributed by atoms with Crippen molar-refractivity contribution < 1.29 is 19.8 Å². The maximum absolute atomic E-state index is 12.9. The smallest absolute Gasteiger partial charge is 0.336 e. The lowest BCUT2D eigenvalue weighted by atomic mass is 9.68. The zero-order valence-electron chi connectivity index (χ0n) is 28.5. The van der Waals surface area contributed by atoms with E-state index in [4.69, 9.17) is 0 Å². The van der Waals surface area contributed by atoms with Crippen LogP contribution in [0.1, 0.15) is 125 Å². The van der Waals surface area contributed by atoms with Gasteiger partial charge in [0.2, 0.25) is 0 Å². The second-order valence-corrected chi connectivity index (χ2v) is 16.5. The number of fused-ring (bicyclic) bond motifs is 2. The van der Waals surface area contributed by atoms with E-state index in [0.717, 1.165) is 58.7 Å². The van der Waals surface area contributed by atoms with Crippen molar-refractivity contribution in [3.05, 3.63) is 82.9 Å². The molecule has 6 nitrogen and oxygen atoms in total. The summed E-state index contributed by atoms with van der Waals surface area (Å²) in [5.74, 6) is -1.72. The van der Waals surface area contributed by atoms with Crippen molar-refractivity contribution in [2.45, 2.75) is 115 Å². The molecule has 0 spiro atoms. The Morgan fingerprint density at radius 3 is 1.11 bits per heavy atom. The lowest BCUT2D eigenvalue weighted by Gasteiger charge is -2.48. The van der Waals surface area contributed by atoms with Crippen LogP contribution in [0.5, 0.6) is 0 Å². The molecule has 6 heteroatoms. The van der Waals surface area contributed by atoms with Crippen molar-refractivity contribution in [2.24, 2.45) is 0 Å². The molecule has 242 valence electrons. The third-order valence-electron chi connectivity index (χ3n) is 10.1. The van der Waals surface area contributed by atoms with Crippen LogP contribution in [0.3, 0.4) is 0 Å². The summed E-state index contributed by atoms with van der Waals surface area (Å²) < 4.78 is 0. The molecule has 6 rings (SSSR count). The highest BCUT2D eigenvalue weighted by Gasteiger charge is 2.42. The predicted molar refractivity (Wildman–Crippen MR) is 187 cm³/mol. The Kier molecular flexibility index (Phi) is 7.65. The second-order valence-electron chi connectivity index (χ2n) is 16.5. The molecule has 0 radical (unpaired) electrons. The SMILES string of the molecule is CC1(C)CC(c2cc(C(=O)O)c3ccccc3c2-c2c(C3CC(C)(C)NC(C)(C)C3)cc(C(=O)O)c3ccccc23)CC(C)(C)N1. The van der Waals surface area contributed by atoms with Gasteiger partial charge in [0, 0.05) is 22.2 Å². The zero-order chi connectivity index (χ0) is 33.4. The first-order valence-electron chi connectivity index (χ1n) is 16.5. The summed E-state index contributed by atoms with van der Waals surface area (Å²) in [6, 6.07) is 19.6. The van der Waals surface area contributed by atoms with E-state index in [1.165, 1.54) is 0 Å². The van der Waals surface area contributed by atoms with Gasteiger partial charge in [-0.2, -0.15) is 0 Å². The van der Waals surface area contributed by atoms with E-state index in [1.54, 1.807) is 0 Å². The van der Waals surface area contributed by atoms with Crippen LogP contribution < -0.4 is 10.6 Å². The number of rotatable bonds is 5. The van der Waals surface area contributed by atoms with Gasteiger partial charge in [-0.1, -0.05) is 48.5 Å². The maximum Gasteiger partial charge on any atom is 0.336 e. The van der Waals surface area contributed by atoms with E-state index in [1.807, 2.05) is 48.5 Å². The lowest BCUT2D eigenvalue weighted by molar-refractivity contribution is 0.0688. The van der Waals surface area contributed by atoms with Gasteiger partial charge in [-0.05, 0) is 149 Å². The van der Waals surface area contributed by atoms with E-state index >= 15 is 0 Å². The summed E-state index contributed by atoms with van der Waals surface area (Å²) in [4.78, 5) is 25.7. The minimum Gasteiger partial charge on any atom is -0.478 e. The summed E-state index contributed by atoms with van der Waals surface area (Å²) in [6.45, 7) is 17.8. The fourth-order valence-electron chi connectivity index (χ4n) is 9.43. The average molecular weight is 621 g/mol. The van der Waals surface area contributed by atoms with Crippen molar-refractivity contribution in [3.8, 4) is 11.1 Å². The Hall–Kier alpha value is -3.74. The molecule has 2 aliphatic rings. The van der Waals surface area contributed by atoms with E-state index in [9.17, 15) is 19.8 Å². The summed E-state index contributed by atoms with van der Waals surface area (Å²) in [6.07, 6.45) is 3.37. The number of carboxylic acid groups (broad SMARTS) is 2. The first kappa shape index (κ1) is 32.2. The first-order valence-corrected chi connectivity index (χ1v) is 16.5. The van der Waals surface area contributed by atoms with Gasteiger partial charge < -0.3 is 20.8 Å². The molecule has 2 fully saturated rings. The normalized spacial score (nSPS) is 21.0. The predicted octanol–water partition coefficient (Wildman–Crippen LogP) is 9.10. The number of piperidine rings is 2. The van der Waals surface area contributed by atoms with E-state index in [-0.39, 0.29) is 34.0 Å². The van der Waals surface area contributed by atoms with Crippen LogP contribution >= 0.6 is 0 Å². The van der Waals surface area contributed by atoms with Gasteiger partial charge in [-0.15, -0.1) is 0 Å². The molecule has 2 aliphatic heterocycles. The van der Waals surface area contributed by atoms with Crippen LogP contribution in [-0.2, 0) is 0 Å². The molecule has 46 heavy (non-hydrogen) atoms. The molecule has 0 bridgehead atoms. The van der Waals surface area contributed by atoms with Crippen LogP contribution in [0.25, 0.3) is 32.7 Å². The average Bonchev–Trinajstić information content (AvgIpc) is 2.92. The highest BCUT2D eigenvalue weighted by Crippen LogP contribution is 2.51. The molecule has 4 N–H and O–H groups in total. The maximum atomic E-state index is 12.9. The number of carboxylic acids is 2. The van der Waals surface area contributed by atoms with Crippen molar-refractivity contribution in [1.82, 2.24) is 10.6 Å². The zero-order valence-corrected chi connectivity index (χ0v) is 28.5. The van der Waals surface area contributed by atoms with Gasteiger partial charge >= 0.3 is 11.9 Å². The Bertz CT molecular complexity index is 1710. The molecular formula is C40H48N2O4. The molecule has 0 aliphatic carbocycles. The molecule has 2 saturated heterocycles. The highest BCUT2D eigenvalue weighted by atomic mass is 16.4. The van der Waals surface area contributed by atoms with Crippen molar-refractivity contribution in [3.63, 3.8) is 0 Å². The Labute approximate surface area is 272 Å². The quantitative estimate of drug-likeness (QED) is 0.178. The van der Waals surface area contributed by atoms with Gasteiger partial charge in [0.05, 0.1) is 11.1 Å². The lowest BCUT2D eigenvalue weighted by Crippen LogP contribution is -2.57. The second kappa shape index (κ2) is 10.9. The minimum atomic E-state index is -0.940. The largest absolute Gasteiger partial charge is 0.478 e. The monoisotopic (exact) mass is 620 g/mol. The molecule has 4 aromatic rings. The molecular weight excluding hydrogens is 572 g/mol. The van der Waals surface area contributed by atoms with Crippen LogP contribution in [-0.4, -0.2) is 44.3 Å². The van der Waals surface area contributed by atoms with Gasteiger partial charge in [-0.3, -0.25) is 0 Å². The summed E-state index contributed by atoms with van der Waals surface area (Å²) in [5.41, 5.74) is 4.08. The molecule has 0 atom stereocenters. The number of benzene rings is 4. The third kappa shape index (κ3) is 5.93. The van der Waals surface area contributed by atoms with Crippen molar-refractivity contribution in [1.29, 1.82) is 0 Å². The Balaban J connectivity index is 1.79. The van der Waals surface area contributed by atoms with Crippen molar-refractivity contribution in [2.75, 3.05) is 0 Å². The first-order chi connectivity index (χ1) is 21.4. The molecule has 0 aromatic heterocycles. The minimum absolute atomic E-state index is 0.0793. The Morgan fingerprint density at radius 2 is 0.826 bits per heavy atom. The fraction of sp³-hybridized carbons (Fsp3) is 0.450. The van der Waals surface area contributed by atoms with E-state index in [0.29, 0.717) is 21.9 Å². The van der Waals surface area contributed by atoms with Gasteiger partial charge in [0.1, 0.15) is 0 Å². The number of carbonyl (C=O) groups is 2. The topological polar surface area (TPSA) is 98.7 Å². The molecule has 0 amide bonds. The Morgan fingerprint density at radius 1 is 0.543 bits per heavy atom. The van der Waals surface area contributed by atoms with Crippen LogP contribution in [0.15, 0.2) is 60.7 Å². The number of hydrogen-bond acceptors (Lipinski definition) is 4. The summed E-state index contributed by atoms with van der Waals surface area (Å²) >= 11 is 0. The van der Waals surface area contributed by atoms with Crippen LogP contribution in [0.2, 0.25) is 0 Å². The van der Waals surface area contributed by atoms with Crippen molar-refractivity contribution >= 4 is 33.5 Å². The third-order valence-corrected chi connectivity index (χ3v) is 10.1. The molecule has 4 aromatic carbocycles. The van der Waals surface area contributed by atoms with E-state index < -0.39 is 11.9 Å². The summed E-state index contributed by atoms with van der Waals surface area (Å²) in [5, 5.41) is 31.9. The molecule has 0 saturated carbocycles. The highest BCUT2D eigenvalue weighted by molar-refractivity contribution is 6.16. The number of nitrogens with one attached hydrogen (secondary N) is 2. The van der Waals surface area contributed by atoms with Gasteiger partial charge in [-0.25, -0.2) is 9.59 Å². The van der Waals surface area contributed by atoms with Gasteiger partial charge in [0.25, 0.3) is 0 Å². The van der Waals surface area contributed by atoms with E-state index in [2.05, 4.69) is 78.2 Å². The molecule has 0 unspecified atom stereocenters. The van der Waals surface area contributed by atoms with Crippen LogP contribution in [0, 0.1) is 0 Å². The summed E-state index contributed by atoms with van der Waals surface area (Å²) in [7, 11) is 0.